The monoisotopic (exact) mass is 319 g/mol. The minimum absolute atomic E-state index is 0.350. The van der Waals surface area contributed by atoms with Crippen molar-refractivity contribution in [1.29, 1.82) is 0 Å². The van der Waals surface area contributed by atoms with Crippen molar-refractivity contribution in [2.45, 2.75) is 13.3 Å². The number of hydrogen-bond donors (Lipinski definition) is 1. The summed E-state index contributed by atoms with van der Waals surface area (Å²) in [6, 6.07) is 8.13. The van der Waals surface area contributed by atoms with Gasteiger partial charge in [0.05, 0.1) is 11.8 Å². The second kappa shape index (κ2) is 5.85. The van der Waals surface area contributed by atoms with Crippen molar-refractivity contribution in [3.8, 4) is 0 Å². The summed E-state index contributed by atoms with van der Waals surface area (Å²) in [7, 11) is -3.06. The standard InChI is InChI=1S/C16H21N3O2S/c1-12-4-3-5-14-15(6-8-17-16(12)14)18-10-13-7-9-19(11-13)22(2,20)21/h3-6,8,13H,7,9-11H2,1-2H3,(H,17,18)/t13-/m0/s1. The fourth-order valence-electron chi connectivity index (χ4n) is 3.00. The van der Waals surface area contributed by atoms with E-state index in [1.54, 1.807) is 4.31 Å². The van der Waals surface area contributed by atoms with Crippen LogP contribution >= 0.6 is 0 Å². The summed E-state index contributed by atoms with van der Waals surface area (Å²) < 4.78 is 24.7. The quantitative estimate of drug-likeness (QED) is 0.939. The molecule has 1 aliphatic heterocycles. The highest BCUT2D eigenvalue weighted by Crippen LogP contribution is 2.25. The zero-order valence-electron chi connectivity index (χ0n) is 12.9. The normalized spacial score (nSPS) is 19.6. The average molecular weight is 319 g/mol. The van der Waals surface area contributed by atoms with Crippen molar-refractivity contribution in [3.63, 3.8) is 0 Å². The summed E-state index contributed by atoms with van der Waals surface area (Å²) in [4.78, 5) is 4.44. The number of aromatic nitrogens is 1. The number of nitrogens with one attached hydrogen (secondary N) is 1. The molecule has 5 nitrogen and oxygen atoms in total. The summed E-state index contributed by atoms with van der Waals surface area (Å²) in [5.41, 5.74) is 3.23. The smallest absolute Gasteiger partial charge is 0.211 e. The van der Waals surface area contributed by atoms with Crippen LogP contribution in [0.25, 0.3) is 10.9 Å². The van der Waals surface area contributed by atoms with E-state index in [1.165, 1.54) is 6.26 Å². The Hall–Kier alpha value is -1.66. The van der Waals surface area contributed by atoms with E-state index in [-0.39, 0.29) is 0 Å². The number of nitrogens with zero attached hydrogens (tertiary/aromatic N) is 2. The number of anilines is 1. The third-order valence-corrected chi connectivity index (χ3v) is 5.54. The lowest BCUT2D eigenvalue weighted by atomic mass is 10.1. The van der Waals surface area contributed by atoms with Crippen molar-refractivity contribution < 1.29 is 8.42 Å². The lowest BCUT2D eigenvalue weighted by molar-refractivity contribution is 0.466. The van der Waals surface area contributed by atoms with Crippen LogP contribution in [0.15, 0.2) is 30.5 Å². The minimum atomic E-state index is -3.06. The van der Waals surface area contributed by atoms with Gasteiger partial charge in [0.25, 0.3) is 0 Å². The molecule has 1 N–H and O–H groups in total. The molecule has 6 heteroatoms. The maximum atomic E-state index is 11.6. The van der Waals surface area contributed by atoms with Gasteiger partial charge in [-0.25, -0.2) is 12.7 Å². The van der Waals surface area contributed by atoms with Crippen LogP contribution in [0.3, 0.4) is 0 Å². The molecule has 0 amide bonds. The van der Waals surface area contributed by atoms with Crippen LogP contribution in [0.1, 0.15) is 12.0 Å². The first kappa shape index (κ1) is 15.2. The number of aryl methyl sites for hydroxylation is 1. The number of para-hydroxylation sites is 1. The van der Waals surface area contributed by atoms with E-state index < -0.39 is 10.0 Å². The van der Waals surface area contributed by atoms with Gasteiger partial charge in [0.1, 0.15) is 0 Å². The number of rotatable bonds is 4. The molecule has 1 atom stereocenters. The Morgan fingerprint density at radius 2 is 2.18 bits per heavy atom. The highest BCUT2D eigenvalue weighted by molar-refractivity contribution is 7.88. The van der Waals surface area contributed by atoms with Gasteiger partial charge in [-0.1, -0.05) is 18.2 Å². The van der Waals surface area contributed by atoms with Gasteiger partial charge in [0.2, 0.25) is 10.0 Å². The fourth-order valence-corrected chi connectivity index (χ4v) is 3.92. The van der Waals surface area contributed by atoms with Gasteiger partial charge < -0.3 is 5.32 Å². The number of hydrogen-bond acceptors (Lipinski definition) is 4. The van der Waals surface area contributed by atoms with Crippen LogP contribution < -0.4 is 5.32 Å². The summed E-state index contributed by atoms with van der Waals surface area (Å²) in [6.07, 6.45) is 4.00. The van der Waals surface area contributed by atoms with Gasteiger partial charge in [-0.05, 0) is 30.9 Å². The molecule has 22 heavy (non-hydrogen) atoms. The lowest BCUT2D eigenvalue weighted by Gasteiger charge is -2.15. The van der Waals surface area contributed by atoms with Crippen molar-refractivity contribution in [3.05, 3.63) is 36.0 Å². The molecule has 118 valence electrons. The molecule has 3 rings (SSSR count). The molecule has 2 aromatic rings. The van der Waals surface area contributed by atoms with Gasteiger partial charge in [0, 0.05) is 36.9 Å². The number of fused-ring (bicyclic) bond motifs is 1. The first-order valence-corrected chi connectivity index (χ1v) is 9.33. The molecule has 0 bridgehead atoms. The Morgan fingerprint density at radius 3 is 2.91 bits per heavy atom. The molecule has 1 saturated heterocycles. The number of sulfonamides is 1. The number of pyridine rings is 1. The molecule has 2 heterocycles. The van der Waals surface area contributed by atoms with Gasteiger partial charge >= 0.3 is 0 Å². The van der Waals surface area contributed by atoms with E-state index in [1.807, 2.05) is 18.3 Å². The van der Waals surface area contributed by atoms with Crippen LogP contribution in [-0.4, -0.2) is 43.6 Å². The van der Waals surface area contributed by atoms with E-state index in [0.29, 0.717) is 19.0 Å². The molecule has 1 aliphatic rings. The average Bonchev–Trinajstić information content (AvgIpc) is 2.95. The molecular formula is C16H21N3O2S. The van der Waals surface area contributed by atoms with Crippen molar-refractivity contribution in [2.24, 2.45) is 5.92 Å². The Kier molecular flexibility index (Phi) is 4.06. The van der Waals surface area contributed by atoms with Gasteiger partial charge in [-0.3, -0.25) is 4.98 Å². The SMILES string of the molecule is Cc1cccc2c(NC[C@@H]3CCN(S(C)(=O)=O)C3)ccnc12. The molecule has 1 aromatic carbocycles. The second-order valence-electron chi connectivity index (χ2n) is 5.99. The molecule has 0 spiro atoms. The van der Waals surface area contributed by atoms with Gasteiger partial charge in [0.15, 0.2) is 0 Å². The van der Waals surface area contributed by atoms with Crippen LogP contribution in [0.4, 0.5) is 5.69 Å². The highest BCUT2D eigenvalue weighted by Gasteiger charge is 2.28. The predicted octanol–water partition coefficient (Wildman–Crippen LogP) is 2.24. The molecule has 0 unspecified atom stereocenters. The number of benzene rings is 1. The van der Waals surface area contributed by atoms with E-state index in [0.717, 1.165) is 35.1 Å². The largest absolute Gasteiger partial charge is 0.384 e. The van der Waals surface area contributed by atoms with Crippen molar-refractivity contribution in [2.75, 3.05) is 31.2 Å². The summed E-state index contributed by atoms with van der Waals surface area (Å²) >= 11 is 0. The Bertz CT molecular complexity index is 789. The summed E-state index contributed by atoms with van der Waals surface area (Å²) in [5, 5.41) is 4.58. The van der Waals surface area contributed by atoms with E-state index in [2.05, 4.69) is 29.4 Å². The van der Waals surface area contributed by atoms with Crippen molar-refractivity contribution in [1.82, 2.24) is 9.29 Å². The maximum absolute atomic E-state index is 11.6. The van der Waals surface area contributed by atoms with Crippen LogP contribution in [0, 0.1) is 12.8 Å². The third kappa shape index (κ3) is 3.08. The molecule has 0 saturated carbocycles. The molecule has 0 aliphatic carbocycles. The Morgan fingerprint density at radius 1 is 1.36 bits per heavy atom. The zero-order valence-corrected chi connectivity index (χ0v) is 13.7. The van der Waals surface area contributed by atoms with E-state index >= 15 is 0 Å². The lowest BCUT2D eigenvalue weighted by Crippen LogP contribution is -2.28. The Labute approximate surface area is 131 Å². The third-order valence-electron chi connectivity index (χ3n) is 4.27. The molecular weight excluding hydrogens is 298 g/mol. The minimum Gasteiger partial charge on any atom is -0.384 e. The Balaban J connectivity index is 1.72. The zero-order chi connectivity index (χ0) is 15.7. The van der Waals surface area contributed by atoms with Gasteiger partial charge in [-0.2, -0.15) is 0 Å². The predicted molar refractivity (Wildman–Crippen MR) is 89.5 cm³/mol. The maximum Gasteiger partial charge on any atom is 0.211 e. The van der Waals surface area contributed by atoms with Crippen LogP contribution in [0.2, 0.25) is 0 Å². The summed E-state index contributed by atoms with van der Waals surface area (Å²) in [5.74, 6) is 0.350. The molecule has 0 radical (unpaired) electrons. The second-order valence-corrected chi connectivity index (χ2v) is 7.97. The fraction of sp³-hybridized carbons (Fsp3) is 0.438. The van der Waals surface area contributed by atoms with E-state index in [4.69, 9.17) is 0 Å². The van der Waals surface area contributed by atoms with Crippen molar-refractivity contribution >= 4 is 26.6 Å². The molecule has 1 aromatic heterocycles. The molecule has 1 fully saturated rings. The van der Waals surface area contributed by atoms with Crippen LogP contribution in [-0.2, 0) is 10.0 Å². The first-order chi connectivity index (χ1) is 10.4. The summed E-state index contributed by atoms with van der Waals surface area (Å²) in [6.45, 7) is 4.06. The topological polar surface area (TPSA) is 62.3 Å². The van der Waals surface area contributed by atoms with Gasteiger partial charge in [-0.15, -0.1) is 0 Å². The van der Waals surface area contributed by atoms with Crippen LogP contribution in [0.5, 0.6) is 0 Å². The van der Waals surface area contributed by atoms with E-state index in [9.17, 15) is 8.42 Å². The first-order valence-electron chi connectivity index (χ1n) is 7.48. The highest BCUT2D eigenvalue weighted by atomic mass is 32.2.